The monoisotopic (exact) mass is 296 g/mol. The highest BCUT2D eigenvalue weighted by atomic mass is 16.5. The number of rotatable bonds is 3. The second-order valence-corrected chi connectivity index (χ2v) is 5.58. The molecule has 0 radical (unpaired) electrons. The molecule has 0 atom stereocenters. The Balaban J connectivity index is 1.52. The van der Waals surface area contributed by atoms with E-state index in [2.05, 4.69) is 20.7 Å². The van der Waals surface area contributed by atoms with E-state index in [4.69, 9.17) is 4.52 Å². The van der Waals surface area contributed by atoms with Crippen LogP contribution in [-0.4, -0.2) is 21.3 Å². The average Bonchev–Trinajstić information content (AvgIpc) is 3.13. The van der Waals surface area contributed by atoms with Gasteiger partial charge < -0.3 is 9.84 Å². The van der Waals surface area contributed by atoms with Gasteiger partial charge in [0.1, 0.15) is 5.76 Å². The maximum absolute atomic E-state index is 12.3. The zero-order valence-corrected chi connectivity index (χ0v) is 12.1. The number of benzene rings is 1. The fourth-order valence-corrected chi connectivity index (χ4v) is 2.97. The summed E-state index contributed by atoms with van der Waals surface area (Å²) in [6, 6.07) is 7.74. The Hall–Kier alpha value is -2.63. The molecule has 22 heavy (non-hydrogen) atoms. The highest BCUT2D eigenvalue weighted by Gasteiger charge is 2.21. The molecule has 0 fully saturated rings. The summed E-state index contributed by atoms with van der Waals surface area (Å²) in [5, 5.41) is 15.0. The second kappa shape index (κ2) is 5.29. The third-order valence-electron chi connectivity index (χ3n) is 4.09. The van der Waals surface area contributed by atoms with Gasteiger partial charge in [0.05, 0.1) is 17.6 Å². The molecule has 2 heterocycles. The molecule has 1 aliphatic carbocycles. The van der Waals surface area contributed by atoms with Crippen molar-refractivity contribution in [2.24, 2.45) is 0 Å². The Bertz CT molecular complexity index is 834. The van der Waals surface area contributed by atoms with Crippen molar-refractivity contribution in [3.63, 3.8) is 0 Å². The summed E-state index contributed by atoms with van der Waals surface area (Å²) < 4.78 is 5.31. The van der Waals surface area contributed by atoms with Gasteiger partial charge in [-0.3, -0.25) is 9.89 Å². The van der Waals surface area contributed by atoms with E-state index in [-0.39, 0.29) is 12.3 Å². The molecule has 0 spiro atoms. The molecule has 0 saturated heterocycles. The summed E-state index contributed by atoms with van der Waals surface area (Å²) in [6.07, 6.45) is 4.30. The van der Waals surface area contributed by atoms with E-state index < -0.39 is 0 Å². The van der Waals surface area contributed by atoms with Gasteiger partial charge in [-0.05, 0) is 25.3 Å². The normalized spacial score (nSPS) is 14.0. The molecule has 4 rings (SSSR count). The number of nitrogens with one attached hydrogen (secondary N) is 2. The number of para-hydroxylation sites is 1. The molecule has 1 aromatic carbocycles. The highest BCUT2D eigenvalue weighted by Crippen LogP contribution is 2.27. The summed E-state index contributed by atoms with van der Waals surface area (Å²) in [5.41, 5.74) is 2.73. The van der Waals surface area contributed by atoms with Gasteiger partial charge in [-0.2, -0.15) is 5.10 Å². The van der Waals surface area contributed by atoms with Crippen molar-refractivity contribution in [1.82, 2.24) is 15.4 Å². The maximum Gasteiger partial charge on any atom is 0.231 e. The first-order chi connectivity index (χ1) is 10.8. The molecule has 2 aromatic heterocycles. The minimum Gasteiger partial charge on any atom is -0.359 e. The van der Waals surface area contributed by atoms with Crippen LogP contribution in [-0.2, 0) is 24.1 Å². The van der Waals surface area contributed by atoms with Gasteiger partial charge in [0, 0.05) is 17.4 Å². The van der Waals surface area contributed by atoms with Crippen molar-refractivity contribution in [3.8, 4) is 0 Å². The fraction of sp³-hybridized carbons (Fsp3) is 0.312. The Kier molecular flexibility index (Phi) is 3.14. The Morgan fingerprint density at radius 1 is 1.27 bits per heavy atom. The van der Waals surface area contributed by atoms with Gasteiger partial charge in [-0.25, -0.2) is 0 Å². The summed E-state index contributed by atoms with van der Waals surface area (Å²) in [5.74, 6) is 1.37. The molecule has 1 aliphatic rings. The fourth-order valence-electron chi connectivity index (χ4n) is 2.97. The van der Waals surface area contributed by atoms with Crippen LogP contribution >= 0.6 is 0 Å². The summed E-state index contributed by atoms with van der Waals surface area (Å²) in [6.45, 7) is 0. The average molecular weight is 296 g/mol. The largest absolute Gasteiger partial charge is 0.359 e. The van der Waals surface area contributed by atoms with E-state index in [9.17, 15) is 4.79 Å². The van der Waals surface area contributed by atoms with E-state index in [1.807, 2.05) is 24.3 Å². The number of aromatic amines is 1. The van der Waals surface area contributed by atoms with Crippen LogP contribution in [0.1, 0.15) is 29.9 Å². The highest BCUT2D eigenvalue weighted by molar-refractivity contribution is 5.94. The van der Waals surface area contributed by atoms with E-state index in [0.29, 0.717) is 5.82 Å². The second-order valence-electron chi connectivity index (χ2n) is 5.58. The number of carbonyl (C=O) groups is 1. The Labute approximate surface area is 126 Å². The molecule has 0 saturated carbocycles. The molecule has 6 heteroatoms. The van der Waals surface area contributed by atoms with Crippen LogP contribution in [0.4, 0.5) is 5.82 Å². The molecular formula is C16H16N4O2. The topological polar surface area (TPSA) is 83.8 Å². The van der Waals surface area contributed by atoms with Crippen molar-refractivity contribution in [2.45, 2.75) is 32.1 Å². The van der Waals surface area contributed by atoms with Crippen molar-refractivity contribution < 1.29 is 9.32 Å². The summed E-state index contributed by atoms with van der Waals surface area (Å²) in [4.78, 5) is 12.3. The number of carbonyl (C=O) groups excluding carboxylic acids is 1. The van der Waals surface area contributed by atoms with Crippen LogP contribution < -0.4 is 5.32 Å². The van der Waals surface area contributed by atoms with E-state index >= 15 is 0 Å². The zero-order chi connectivity index (χ0) is 14.9. The molecule has 0 aliphatic heterocycles. The molecule has 2 N–H and O–H groups in total. The molecule has 0 unspecified atom stereocenters. The van der Waals surface area contributed by atoms with Crippen LogP contribution in [0.25, 0.3) is 10.9 Å². The molecular weight excluding hydrogens is 280 g/mol. The van der Waals surface area contributed by atoms with Gasteiger partial charge in [-0.15, -0.1) is 0 Å². The van der Waals surface area contributed by atoms with E-state index in [1.54, 1.807) is 0 Å². The first-order valence-electron chi connectivity index (χ1n) is 7.50. The van der Waals surface area contributed by atoms with Crippen molar-refractivity contribution in [2.75, 3.05) is 5.32 Å². The van der Waals surface area contributed by atoms with Gasteiger partial charge in [0.25, 0.3) is 0 Å². The number of anilines is 1. The first-order valence-corrected chi connectivity index (χ1v) is 7.50. The molecule has 0 bridgehead atoms. The number of nitrogens with zero attached hydrogens (tertiary/aromatic N) is 2. The van der Waals surface area contributed by atoms with E-state index in [0.717, 1.165) is 53.6 Å². The third-order valence-corrected chi connectivity index (χ3v) is 4.09. The number of fused-ring (bicyclic) bond motifs is 2. The first kappa shape index (κ1) is 13.1. The van der Waals surface area contributed by atoms with E-state index in [1.165, 1.54) is 0 Å². The molecule has 3 aromatic rings. The van der Waals surface area contributed by atoms with Gasteiger partial charge in [0.2, 0.25) is 5.91 Å². The number of amides is 1. The summed E-state index contributed by atoms with van der Waals surface area (Å²) >= 11 is 0. The molecule has 112 valence electrons. The quantitative estimate of drug-likeness (QED) is 0.778. The minimum absolute atomic E-state index is 0.115. The number of H-pyrrole nitrogens is 1. The van der Waals surface area contributed by atoms with Crippen LogP contribution in [0.5, 0.6) is 0 Å². The lowest BCUT2D eigenvalue weighted by atomic mass is 9.98. The standard InChI is InChI=1S/C16H16N4O2/c21-15(9-13-10-5-1-3-7-12(10)18-19-13)17-16-11-6-2-4-8-14(11)22-20-16/h1,3,5,7H,2,4,6,8-9H2,(H,18,19)(H,17,20,21). The van der Waals surface area contributed by atoms with Crippen LogP contribution in [0.2, 0.25) is 0 Å². The lowest BCUT2D eigenvalue weighted by molar-refractivity contribution is -0.115. The zero-order valence-electron chi connectivity index (χ0n) is 12.1. The Morgan fingerprint density at radius 3 is 3.09 bits per heavy atom. The van der Waals surface area contributed by atoms with Crippen LogP contribution in [0.15, 0.2) is 28.8 Å². The van der Waals surface area contributed by atoms with Gasteiger partial charge in [0.15, 0.2) is 5.82 Å². The lowest BCUT2D eigenvalue weighted by Crippen LogP contribution is -2.16. The van der Waals surface area contributed by atoms with Crippen molar-refractivity contribution in [3.05, 3.63) is 41.3 Å². The number of hydrogen-bond acceptors (Lipinski definition) is 4. The number of hydrogen-bond donors (Lipinski definition) is 2. The van der Waals surface area contributed by atoms with Crippen LogP contribution in [0.3, 0.4) is 0 Å². The predicted octanol–water partition coefficient (Wildman–Crippen LogP) is 2.61. The van der Waals surface area contributed by atoms with Crippen LogP contribution in [0, 0.1) is 0 Å². The molecule has 6 nitrogen and oxygen atoms in total. The third kappa shape index (κ3) is 2.26. The molecule has 1 amide bonds. The maximum atomic E-state index is 12.3. The minimum atomic E-state index is -0.115. The van der Waals surface area contributed by atoms with Crippen molar-refractivity contribution >= 4 is 22.6 Å². The summed E-state index contributed by atoms with van der Waals surface area (Å²) in [7, 11) is 0. The number of aromatic nitrogens is 3. The lowest BCUT2D eigenvalue weighted by Gasteiger charge is -2.09. The van der Waals surface area contributed by atoms with Gasteiger partial charge >= 0.3 is 0 Å². The number of aryl methyl sites for hydroxylation is 1. The SMILES string of the molecule is O=C(Cc1[nH]nc2ccccc12)Nc1noc2c1CCCC2. The van der Waals surface area contributed by atoms with Crippen molar-refractivity contribution in [1.29, 1.82) is 0 Å². The van der Waals surface area contributed by atoms with Gasteiger partial charge in [-0.1, -0.05) is 23.4 Å². The smallest absolute Gasteiger partial charge is 0.231 e. The Morgan fingerprint density at radius 2 is 2.14 bits per heavy atom. The predicted molar refractivity (Wildman–Crippen MR) is 81.6 cm³/mol.